The molecule has 2 saturated carbocycles. The summed E-state index contributed by atoms with van der Waals surface area (Å²) < 4.78 is 17.3. The van der Waals surface area contributed by atoms with Crippen molar-refractivity contribution < 1.29 is 44.2 Å². The van der Waals surface area contributed by atoms with Crippen LogP contribution in [0.15, 0.2) is 46.7 Å². The van der Waals surface area contributed by atoms with Crippen molar-refractivity contribution in [1.82, 2.24) is 0 Å². The highest BCUT2D eigenvalue weighted by Crippen LogP contribution is 2.53. The van der Waals surface area contributed by atoms with Crippen LogP contribution in [0.2, 0.25) is 0 Å². The summed E-state index contributed by atoms with van der Waals surface area (Å²) >= 11 is 0. The van der Waals surface area contributed by atoms with Gasteiger partial charge in [-0.3, -0.25) is 9.59 Å². The maximum atomic E-state index is 13.7. The second-order valence-corrected chi connectivity index (χ2v) is 10.8. The highest BCUT2D eigenvalue weighted by atomic mass is 16.7. The van der Waals surface area contributed by atoms with Gasteiger partial charge >= 0.3 is 0 Å². The Morgan fingerprint density at radius 1 is 1.14 bits per heavy atom. The SMILES string of the molecule is COC1=CC=CC2C(=O)C3=C(O)C4C[C@](C)(O)CC(OC5CC(N)C(O)C(C)O5)C4C(O)=C3C(=O)C12. The maximum absolute atomic E-state index is 13.7. The first-order valence-corrected chi connectivity index (χ1v) is 12.3. The molecule has 1 heterocycles. The highest BCUT2D eigenvalue weighted by Gasteiger charge is 2.57. The van der Waals surface area contributed by atoms with E-state index in [0.29, 0.717) is 5.76 Å². The summed E-state index contributed by atoms with van der Waals surface area (Å²) in [7, 11) is 1.41. The minimum Gasteiger partial charge on any atom is -0.511 e. The smallest absolute Gasteiger partial charge is 0.178 e. The van der Waals surface area contributed by atoms with E-state index in [9.17, 15) is 30.0 Å². The van der Waals surface area contributed by atoms with Gasteiger partial charge in [-0.15, -0.1) is 0 Å². The van der Waals surface area contributed by atoms with E-state index in [4.69, 9.17) is 19.9 Å². The van der Waals surface area contributed by atoms with Gasteiger partial charge < -0.3 is 40.4 Å². The Labute approximate surface area is 208 Å². The molecule has 36 heavy (non-hydrogen) atoms. The number of aliphatic hydroxyl groups excluding tert-OH is 3. The number of ketones is 2. The summed E-state index contributed by atoms with van der Waals surface area (Å²) in [6.45, 7) is 3.26. The lowest BCUT2D eigenvalue weighted by molar-refractivity contribution is -0.259. The molecule has 6 N–H and O–H groups in total. The van der Waals surface area contributed by atoms with Crippen LogP contribution in [0.5, 0.6) is 0 Å². The van der Waals surface area contributed by atoms with Crippen LogP contribution >= 0.6 is 0 Å². The molecule has 4 aliphatic carbocycles. The largest absolute Gasteiger partial charge is 0.511 e. The third-order valence-electron chi connectivity index (χ3n) is 8.20. The van der Waals surface area contributed by atoms with Gasteiger partial charge in [0.05, 0.1) is 59.9 Å². The number of carbonyl (C=O) groups is 2. The van der Waals surface area contributed by atoms with Crippen molar-refractivity contribution in [3.8, 4) is 0 Å². The van der Waals surface area contributed by atoms with E-state index in [-0.39, 0.29) is 41.9 Å². The first kappa shape index (κ1) is 25.2. The van der Waals surface area contributed by atoms with Crippen LogP contribution < -0.4 is 5.73 Å². The van der Waals surface area contributed by atoms with Gasteiger partial charge in [-0.05, 0) is 26.3 Å². The lowest BCUT2D eigenvalue weighted by Gasteiger charge is -2.49. The molecule has 10 nitrogen and oxygen atoms in total. The fourth-order valence-corrected chi connectivity index (χ4v) is 6.45. The summed E-state index contributed by atoms with van der Waals surface area (Å²) in [6.07, 6.45) is 2.00. The topological polar surface area (TPSA) is 169 Å². The molecule has 1 saturated heterocycles. The Kier molecular flexibility index (Phi) is 6.16. The molecule has 0 aromatic carbocycles. The quantitative estimate of drug-likeness (QED) is 0.376. The standard InChI is InChI=1S/C26H33NO9/c1-10-21(28)13(27)7-16(35-10)36-15-9-26(2,33)8-12-18(15)25(32)20-19(23(12)30)22(29)11-5-4-6-14(34-3)17(11)24(20)31/h4-6,10-13,15-18,21,28,30,32-33H,7-9,27H2,1-3H3/t10?,11?,12?,13?,15?,16?,17?,18?,21?,26-/m0/s1. The van der Waals surface area contributed by atoms with E-state index in [2.05, 4.69) is 0 Å². The number of carbonyl (C=O) groups excluding carboxylic acids is 2. The molecule has 3 fully saturated rings. The Morgan fingerprint density at radius 2 is 1.83 bits per heavy atom. The number of rotatable bonds is 3. The van der Waals surface area contributed by atoms with E-state index in [1.54, 1.807) is 32.1 Å². The first-order chi connectivity index (χ1) is 16.9. The molecular formula is C26H33NO9. The van der Waals surface area contributed by atoms with Gasteiger partial charge in [-0.25, -0.2) is 0 Å². The number of allylic oxidation sites excluding steroid dienone is 7. The van der Waals surface area contributed by atoms with Crippen LogP contribution in [0.3, 0.4) is 0 Å². The predicted molar refractivity (Wildman–Crippen MR) is 125 cm³/mol. The number of aliphatic hydroxyl groups is 4. The Balaban J connectivity index is 1.55. The molecule has 0 aromatic rings. The summed E-state index contributed by atoms with van der Waals surface area (Å²) in [5.74, 6) is -4.91. The van der Waals surface area contributed by atoms with E-state index >= 15 is 0 Å². The van der Waals surface area contributed by atoms with Crippen LogP contribution in [-0.4, -0.2) is 75.3 Å². The molecule has 10 atom stereocenters. The van der Waals surface area contributed by atoms with E-state index in [1.807, 2.05) is 0 Å². The molecule has 0 amide bonds. The third kappa shape index (κ3) is 3.83. The van der Waals surface area contributed by atoms with E-state index < -0.39 is 71.5 Å². The predicted octanol–water partition coefficient (Wildman–Crippen LogP) is 1.09. The normalized spacial score (nSPS) is 44.6. The number of hydrogen-bond donors (Lipinski definition) is 5. The van der Waals surface area contributed by atoms with Gasteiger partial charge in [0, 0.05) is 24.8 Å². The fraction of sp³-hybridized carbons (Fsp3) is 0.615. The Bertz CT molecular complexity index is 1090. The second-order valence-electron chi connectivity index (χ2n) is 10.8. The molecule has 5 rings (SSSR count). The van der Waals surface area contributed by atoms with Crippen LogP contribution in [-0.2, 0) is 23.8 Å². The van der Waals surface area contributed by atoms with Crippen LogP contribution in [0.4, 0.5) is 0 Å². The summed E-state index contributed by atoms with van der Waals surface area (Å²) in [4.78, 5) is 27.1. The van der Waals surface area contributed by atoms with Crippen molar-refractivity contribution >= 4 is 11.6 Å². The van der Waals surface area contributed by atoms with Crippen LogP contribution in [0.1, 0.15) is 33.1 Å². The Morgan fingerprint density at radius 3 is 2.50 bits per heavy atom. The average Bonchev–Trinajstić information content (AvgIpc) is 2.81. The molecule has 0 bridgehead atoms. The number of Topliss-reactive ketones (excluding diaryl/α,β-unsaturated/α-hetero) is 2. The maximum Gasteiger partial charge on any atom is 0.178 e. The number of hydrogen-bond acceptors (Lipinski definition) is 10. The van der Waals surface area contributed by atoms with E-state index in [1.165, 1.54) is 7.11 Å². The molecule has 0 aromatic heterocycles. The minimum atomic E-state index is -1.29. The molecule has 0 spiro atoms. The van der Waals surface area contributed by atoms with Crippen molar-refractivity contribution in [2.45, 2.75) is 69.4 Å². The van der Waals surface area contributed by atoms with Gasteiger partial charge in [0.2, 0.25) is 0 Å². The molecule has 5 aliphatic rings. The van der Waals surface area contributed by atoms with Crippen LogP contribution in [0, 0.1) is 23.7 Å². The average molecular weight is 504 g/mol. The lowest BCUT2D eigenvalue weighted by Crippen LogP contribution is -2.55. The van der Waals surface area contributed by atoms with Gasteiger partial charge in [0.25, 0.3) is 0 Å². The summed E-state index contributed by atoms with van der Waals surface area (Å²) in [6, 6.07) is -0.593. The molecule has 9 unspecified atom stereocenters. The molecule has 0 radical (unpaired) electrons. The van der Waals surface area contributed by atoms with Crippen molar-refractivity contribution in [3.05, 3.63) is 46.7 Å². The first-order valence-electron chi connectivity index (χ1n) is 12.3. The lowest BCUT2D eigenvalue weighted by atomic mass is 9.60. The minimum absolute atomic E-state index is 0.0545. The zero-order valence-electron chi connectivity index (χ0n) is 20.5. The van der Waals surface area contributed by atoms with Crippen molar-refractivity contribution in [3.63, 3.8) is 0 Å². The van der Waals surface area contributed by atoms with Gasteiger partial charge in [-0.2, -0.15) is 0 Å². The zero-order valence-corrected chi connectivity index (χ0v) is 20.5. The fourth-order valence-electron chi connectivity index (χ4n) is 6.45. The monoisotopic (exact) mass is 503 g/mol. The third-order valence-corrected chi connectivity index (χ3v) is 8.20. The Hall–Kier alpha value is -2.50. The van der Waals surface area contributed by atoms with Gasteiger partial charge in [0.1, 0.15) is 17.3 Å². The van der Waals surface area contributed by atoms with Crippen LogP contribution in [0.25, 0.3) is 0 Å². The number of fused-ring (bicyclic) bond motifs is 3. The van der Waals surface area contributed by atoms with Crippen molar-refractivity contribution in [2.24, 2.45) is 29.4 Å². The van der Waals surface area contributed by atoms with E-state index in [0.717, 1.165) is 0 Å². The van der Waals surface area contributed by atoms with Crippen molar-refractivity contribution in [1.29, 1.82) is 0 Å². The molecule has 10 heteroatoms. The zero-order chi connectivity index (χ0) is 26.1. The van der Waals surface area contributed by atoms with Gasteiger partial charge in [0.15, 0.2) is 17.9 Å². The highest BCUT2D eigenvalue weighted by molar-refractivity contribution is 6.21. The molecule has 1 aliphatic heterocycles. The summed E-state index contributed by atoms with van der Waals surface area (Å²) in [5, 5.41) is 44.0. The number of ether oxygens (including phenoxy) is 3. The van der Waals surface area contributed by atoms with Gasteiger partial charge in [-0.1, -0.05) is 12.2 Å². The van der Waals surface area contributed by atoms with Crippen molar-refractivity contribution in [2.75, 3.05) is 7.11 Å². The number of methoxy groups -OCH3 is 1. The number of nitrogens with two attached hydrogens (primary N) is 1. The second kappa shape index (κ2) is 8.81. The molecule has 196 valence electrons. The summed E-state index contributed by atoms with van der Waals surface area (Å²) in [5.41, 5.74) is 4.32. The molecular weight excluding hydrogens is 470 g/mol.